The Morgan fingerprint density at radius 3 is 2.74 bits per heavy atom. The smallest absolute Gasteiger partial charge is 0.322 e. The predicted molar refractivity (Wildman–Crippen MR) is 69.8 cm³/mol. The molecule has 1 aliphatic heterocycles. The average Bonchev–Trinajstić information content (AvgIpc) is 3.16. The highest BCUT2D eigenvalue weighted by Crippen LogP contribution is 2.37. The standard InChI is InChI=1S/C13H18N4O2/c18-8-11-2-1-5-17(11)13(19)16-10-6-14-12(15-7-10)9-3-4-9/h6-7,9,11,18H,1-5,8H2,(H,16,19)/t11-/m0/s1. The molecular formula is C13H18N4O2. The summed E-state index contributed by atoms with van der Waals surface area (Å²) in [6, 6.07) is -0.244. The summed E-state index contributed by atoms with van der Waals surface area (Å²) in [5.74, 6) is 1.38. The molecule has 1 saturated carbocycles. The van der Waals surface area contributed by atoms with E-state index in [1.807, 2.05) is 0 Å². The highest BCUT2D eigenvalue weighted by molar-refractivity contribution is 5.89. The Bertz CT molecular complexity index is 458. The Balaban J connectivity index is 1.62. The van der Waals surface area contributed by atoms with Crippen molar-refractivity contribution < 1.29 is 9.90 Å². The van der Waals surface area contributed by atoms with Gasteiger partial charge in [0.1, 0.15) is 5.82 Å². The van der Waals surface area contributed by atoms with E-state index in [9.17, 15) is 9.90 Å². The number of aromatic nitrogens is 2. The molecule has 102 valence electrons. The van der Waals surface area contributed by atoms with Gasteiger partial charge in [-0.15, -0.1) is 0 Å². The minimum Gasteiger partial charge on any atom is -0.394 e. The number of likely N-dealkylation sites (tertiary alicyclic amines) is 1. The number of carbonyl (C=O) groups is 1. The lowest BCUT2D eigenvalue weighted by Crippen LogP contribution is -2.40. The molecule has 1 aliphatic carbocycles. The van der Waals surface area contributed by atoms with Gasteiger partial charge in [-0.2, -0.15) is 0 Å². The van der Waals surface area contributed by atoms with E-state index < -0.39 is 0 Å². The van der Waals surface area contributed by atoms with Gasteiger partial charge in [-0.25, -0.2) is 14.8 Å². The molecule has 6 nitrogen and oxygen atoms in total. The number of carbonyl (C=O) groups excluding carboxylic acids is 1. The summed E-state index contributed by atoms with van der Waals surface area (Å²) in [5, 5.41) is 12.0. The van der Waals surface area contributed by atoms with E-state index >= 15 is 0 Å². The quantitative estimate of drug-likeness (QED) is 0.861. The van der Waals surface area contributed by atoms with Crippen molar-refractivity contribution in [1.29, 1.82) is 0 Å². The highest BCUT2D eigenvalue weighted by atomic mass is 16.3. The number of rotatable bonds is 3. The molecule has 2 N–H and O–H groups in total. The van der Waals surface area contributed by atoms with Crippen LogP contribution in [0.1, 0.15) is 37.4 Å². The second-order valence-corrected chi connectivity index (χ2v) is 5.21. The van der Waals surface area contributed by atoms with E-state index in [1.54, 1.807) is 17.3 Å². The minimum atomic E-state index is -0.181. The van der Waals surface area contributed by atoms with Gasteiger partial charge < -0.3 is 15.3 Å². The van der Waals surface area contributed by atoms with Crippen LogP contribution in [-0.2, 0) is 0 Å². The Kier molecular flexibility index (Phi) is 3.33. The number of nitrogens with zero attached hydrogens (tertiary/aromatic N) is 3. The number of hydrogen-bond acceptors (Lipinski definition) is 4. The molecule has 19 heavy (non-hydrogen) atoms. The lowest BCUT2D eigenvalue weighted by Gasteiger charge is -2.23. The molecule has 1 saturated heterocycles. The fourth-order valence-electron chi connectivity index (χ4n) is 2.44. The first-order valence-corrected chi connectivity index (χ1v) is 6.78. The molecule has 2 amide bonds. The van der Waals surface area contributed by atoms with Gasteiger partial charge in [-0.3, -0.25) is 0 Å². The van der Waals surface area contributed by atoms with Crippen molar-refractivity contribution in [2.45, 2.75) is 37.6 Å². The third-order valence-electron chi connectivity index (χ3n) is 3.71. The zero-order valence-electron chi connectivity index (χ0n) is 10.7. The summed E-state index contributed by atoms with van der Waals surface area (Å²) < 4.78 is 0. The van der Waals surface area contributed by atoms with Crippen LogP contribution in [0.3, 0.4) is 0 Å². The lowest BCUT2D eigenvalue weighted by molar-refractivity contribution is 0.166. The Hall–Kier alpha value is -1.69. The van der Waals surface area contributed by atoms with Crippen LogP contribution in [0.25, 0.3) is 0 Å². The highest BCUT2D eigenvalue weighted by Gasteiger charge is 2.29. The maximum absolute atomic E-state index is 12.1. The van der Waals surface area contributed by atoms with E-state index in [4.69, 9.17) is 0 Å². The van der Waals surface area contributed by atoms with Crippen molar-refractivity contribution in [3.05, 3.63) is 18.2 Å². The van der Waals surface area contributed by atoms with Gasteiger partial charge >= 0.3 is 6.03 Å². The summed E-state index contributed by atoms with van der Waals surface area (Å²) in [5.41, 5.74) is 0.609. The summed E-state index contributed by atoms with van der Waals surface area (Å²) >= 11 is 0. The van der Waals surface area contributed by atoms with E-state index in [1.165, 1.54) is 0 Å². The normalized spacial score (nSPS) is 22.6. The van der Waals surface area contributed by atoms with Crippen LogP contribution in [-0.4, -0.2) is 45.2 Å². The predicted octanol–water partition coefficient (Wildman–Crippen LogP) is 1.34. The third kappa shape index (κ3) is 2.68. The summed E-state index contributed by atoms with van der Waals surface area (Å²) in [6.07, 6.45) is 7.44. The summed E-state index contributed by atoms with van der Waals surface area (Å²) in [6.45, 7) is 0.711. The Morgan fingerprint density at radius 1 is 1.37 bits per heavy atom. The van der Waals surface area contributed by atoms with Crippen molar-refractivity contribution in [2.24, 2.45) is 0 Å². The molecule has 0 aromatic carbocycles. The maximum atomic E-state index is 12.1. The zero-order chi connectivity index (χ0) is 13.2. The molecule has 0 bridgehead atoms. The van der Waals surface area contributed by atoms with Crippen LogP contribution >= 0.6 is 0 Å². The number of nitrogens with one attached hydrogen (secondary N) is 1. The van der Waals surface area contributed by atoms with Crippen molar-refractivity contribution in [2.75, 3.05) is 18.5 Å². The number of aliphatic hydroxyl groups is 1. The van der Waals surface area contributed by atoms with Crippen LogP contribution < -0.4 is 5.32 Å². The molecule has 0 radical (unpaired) electrons. The number of urea groups is 1. The van der Waals surface area contributed by atoms with Crippen molar-refractivity contribution >= 4 is 11.7 Å². The second kappa shape index (κ2) is 5.13. The van der Waals surface area contributed by atoms with Crippen LogP contribution in [0.4, 0.5) is 10.5 Å². The van der Waals surface area contributed by atoms with E-state index in [2.05, 4.69) is 15.3 Å². The van der Waals surface area contributed by atoms with Crippen molar-refractivity contribution in [3.63, 3.8) is 0 Å². The Morgan fingerprint density at radius 2 is 2.11 bits per heavy atom. The van der Waals surface area contributed by atoms with Gasteiger partial charge in [0, 0.05) is 12.5 Å². The van der Waals surface area contributed by atoms with Gasteiger partial charge in [0.2, 0.25) is 0 Å². The van der Waals surface area contributed by atoms with Crippen LogP contribution in [0.15, 0.2) is 12.4 Å². The average molecular weight is 262 g/mol. The lowest BCUT2D eigenvalue weighted by atomic mass is 10.2. The van der Waals surface area contributed by atoms with Gasteiger partial charge in [-0.05, 0) is 25.7 Å². The fraction of sp³-hybridized carbons (Fsp3) is 0.615. The van der Waals surface area contributed by atoms with Gasteiger partial charge in [0.25, 0.3) is 0 Å². The number of anilines is 1. The number of amides is 2. The first kappa shape index (κ1) is 12.3. The SMILES string of the molecule is O=C(Nc1cnc(C2CC2)nc1)N1CCC[C@H]1CO. The third-order valence-corrected chi connectivity index (χ3v) is 3.71. The molecule has 1 atom stereocenters. The zero-order valence-corrected chi connectivity index (χ0v) is 10.7. The van der Waals surface area contributed by atoms with Gasteiger partial charge in [0.05, 0.1) is 30.7 Å². The second-order valence-electron chi connectivity index (χ2n) is 5.21. The van der Waals surface area contributed by atoms with Crippen LogP contribution in [0, 0.1) is 0 Å². The van der Waals surface area contributed by atoms with Gasteiger partial charge in [-0.1, -0.05) is 0 Å². The molecule has 0 spiro atoms. The Labute approximate surface area is 111 Å². The molecule has 2 aliphatic rings. The van der Waals surface area contributed by atoms with Crippen molar-refractivity contribution in [1.82, 2.24) is 14.9 Å². The van der Waals surface area contributed by atoms with Crippen molar-refractivity contribution in [3.8, 4) is 0 Å². The monoisotopic (exact) mass is 262 g/mol. The van der Waals surface area contributed by atoms with Gasteiger partial charge in [0.15, 0.2) is 0 Å². The summed E-state index contributed by atoms with van der Waals surface area (Å²) in [4.78, 5) is 22.3. The first-order chi connectivity index (χ1) is 9.28. The molecule has 1 aromatic rings. The largest absolute Gasteiger partial charge is 0.394 e. The molecule has 0 unspecified atom stereocenters. The molecule has 2 heterocycles. The van der Waals surface area contributed by atoms with E-state index in [-0.39, 0.29) is 18.7 Å². The molecular weight excluding hydrogens is 244 g/mol. The fourth-order valence-corrected chi connectivity index (χ4v) is 2.44. The topological polar surface area (TPSA) is 78.4 Å². The molecule has 3 rings (SSSR count). The molecule has 2 fully saturated rings. The number of hydrogen-bond donors (Lipinski definition) is 2. The van der Waals surface area contributed by atoms with Crippen LogP contribution in [0.2, 0.25) is 0 Å². The van der Waals surface area contributed by atoms with E-state index in [0.717, 1.165) is 31.5 Å². The number of aliphatic hydroxyl groups excluding tert-OH is 1. The molecule has 1 aromatic heterocycles. The van der Waals surface area contributed by atoms with E-state index in [0.29, 0.717) is 18.2 Å². The molecule has 6 heteroatoms. The summed E-state index contributed by atoms with van der Waals surface area (Å²) in [7, 11) is 0. The maximum Gasteiger partial charge on any atom is 0.322 e. The van der Waals surface area contributed by atoms with Crippen LogP contribution in [0.5, 0.6) is 0 Å². The first-order valence-electron chi connectivity index (χ1n) is 6.78. The minimum absolute atomic E-state index is 0.0184.